The third-order valence-corrected chi connectivity index (χ3v) is 5.80. The molecule has 1 aromatic heterocycles. The molecule has 0 spiro atoms. The Hall–Kier alpha value is -3.13. The van der Waals surface area contributed by atoms with Crippen LogP contribution in [0.3, 0.4) is 0 Å². The second-order valence-electron chi connectivity index (χ2n) is 7.30. The Balaban J connectivity index is 1.48. The predicted molar refractivity (Wildman–Crippen MR) is 121 cm³/mol. The second kappa shape index (κ2) is 9.78. The van der Waals surface area contributed by atoms with Gasteiger partial charge in [-0.25, -0.2) is 0 Å². The quantitative estimate of drug-likeness (QED) is 0.478. The highest BCUT2D eigenvalue weighted by Crippen LogP contribution is 2.33. The molecule has 160 valence electrons. The maximum atomic E-state index is 12.9. The zero-order valence-electron chi connectivity index (χ0n) is 16.9. The van der Waals surface area contributed by atoms with Crippen LogP contribution in [-0.2, 0) is 27.5 Å². The van der Waals surface area contributed by atoms with Crippen LogP contribution in [0.25, 0.3) is 0 Å². The number of nitrogens with one attached hydrogen (secondary N) is 1. The summed E-state index contributed by atoms with van der Waals surface area (Å²) in [6.45, 7) is 0.345. The first-order valence-electron chi connectivity index (χ1n) is 9.99. The molecule has 1 amide bonds. The van der Waals surface area contributed by atoms with Gasteiger partial charge in [0.25, 0.3) is 5.91 Å². The number of hydrogen-bond acceptors (Lipinski definition) is 6. The maximum Gasteiger partial charge on any atom is 0.290 e. The number of carbonyl (C=O) groups excluding carboxylic acids is 1. The third-order valence-electron chi connectivity index (χ3n) is 5.10. The van der Waals surface area contributed by atoms with Gasteiger partial charge in [0.1, 0.15) is 0 Å². The number of para-hydroxylation sites is 2. The van der Waals surface area contributed by atoms with Crippen molar-refractivity contribution in [2.24, 2.45) is 0 Å². The second-order valence-corrected chi connectivity index (χ2v) is 8.08. The number of aliphatic hydroxyl groups excluding tert-OH is 1. The highest BCUT2D eigenvalue weighted by atomic mass is 32.1. The molecule has 1 aliphatic rings. The maximum absolute atomic E-state index is 12.9. The number of carbonyl (C=O) groups is 1. The number of hydrogen-bond donors (Lipinski definition) is 3. The molecule has 4 N–H and O–H groups in total. The number of aliphatic hydroxyl groups is 1. The van der Waals surface area contributed by atoms with Gasteiger partial charge in [-0.2, -0.15) is 11.3 Å². The van der Waals surface area contributed by atoms with Crippen molar-refractivity contribution in [3.8, 4) is 0 Å². The fourth-order valence-corrected chi connectivity index (χ4v) is 4.09. The summed E-state index contributed by atoms with van der Waals surface area (Å²) in [5.41, 5.74) is 9.91. The van der Waals surface area contributed by atoms with Gasteiger partial charge in [-0.3, -0.25) is 4.79 Å². The molecule has 0 saturated carbocycles. The summed E-state index contributed by atoms with van der Waals surface area (Å²) in [5.74, 6) is -0.138. The molecule has 0 bridgehead atoms. The van der Waals surface area contributed by atoms with Crippen molar-refractivity contribution >= 4 is 28.6 Å². The van der Waals surface area contributed by atoms with Crippen LogP contribution in [0, 0.1) is 0 Å². The molecule has 6 nitrogen and oxygen atoms in total. The number of rotatable bonds is 7. The van der Waals surface area contributed by atoms with E-state index < -0.39 is 6.29 Å². The van der Waals surface area contributed by atoms with E-state index in [1.54, 1.807) is 23.5 Å². The van der Waals surface area contributed by atoms with Crippen LogP contribution in [0.15, 0.2) is 77.2 Å². The van der Waals surface area contributed by atoms with Crippen LogP contribution in [0.4, 0.5) is 11.4 Å². The third kappa shape index (κ3) is 5.32. The van der Waals surface area contributed by atoms with Crippen molar-refractivity contribution < 1.29 is 19.4 Å². The first-order valence-corrected chi connectivity index (χ1v) is 10.9. The van der Waals surface area contributed by atoms with Gasteiger partial charge in [-0.15, -0.1) is 0 Å². The number of ether oxygens (including phenoxy) is 2. The van der Waals surface area contributed by atoms with Gasteiger partial charge in [-0.05, 0) is 51.7 Å². The van der Waals surface area contributed by atoms with E-state index in [1.807, 2.05) is 53.9 Å². The molecular formula is C24H24N2O4S. The molecule has 0 fully saturated rings. The summed E-state index contributed by atoms with van der Waals surface area (Å²) in [6.07, 6.45) is 1.88. The van der Waals surface area contributed by atoms with E-state index in [0.717, 1.165) is 16.7 Å². The Bertz CT molecular complexity index is 1050. The molecule has 2 heterocycles. The van der Waals surface area contributed by atoms with E-state index >= 15 is 0 Å². The number of allylic oxidation sites excluding steroid dienone is 1. The minimum Gasteiger partial charge on any atom is -0.459 e. The summed E-state index contributed by atoms with van der Waals surface area (Å²) in [7, 11) is 0. The zero-order valence-corrected chi connectivity index (χ0v) is 17.7. The SMILES string of the molecule is Nc1ccccc1NC(=O)C1=CC(c2ccsc2)CC(OCc2ccc(CO)cc2)O1. The van der Waals surface area contributed by atoms with Crippen molar-refractivity contribution in [1.29, 1.82) is 0 Å². The van der Waals surface area contributed by atoms with Crippen LogP contribution in [-0.4, -0.2) is 17.3 Å². The smallest absolute Gasteiger partial charge is 0.290 e. The largest absolute Gasteiger partial charge is 0.459 e. The van der Waals surface area contributed by atoms with Crippen LogP contribution in [0.5, 0.6) is 0 Å². The Kier molecular flexibility index (Phi) is 6.66. The predicted octanol–water partition coefficient (Wildman–Crippen LogP) is 4.39. The highest BCUT2D eigenvalue weighted by molar-refractivity contribution is 7.08. The molecular weight excluding hydrogens is 412 g/mol. The molecule has 7 heteroatoms. The van der Waals surface area contributed by atoms with Gasteiger partial charge in [0.05, 0.1) is 24.6 Å². The van der Waals surface area contributed by atoms with E-state index in [9.17, 15) is 9.90 Å². The van der Waals surface area contributed by atoms with Crippen LogP contribution in [0.1, 0.15) is 29.0 Å². The van der Waals surface area contributed by atoms with Gasteiger partial charge < -0.3 is 25.6 Å². The Labute approximate surface area is 184 Å². The van der Waals surface area contributed by atoms with Crippen molar-refractivity contribution in [2.45, 2.75) is 31.8 Å². The van der Waals surface area contributed by atoms with Gasteiger partial charge in [-0.1, -0.05) is 36.4 Å². The molecule has 4 rings (SSSR count). The van der Waals surface area contributed by atoms with Crippen LogP contribution >= 0.6 is 11.3 Å². The van der Waals surface area contributed by atoms with E-state index in [-0.39, 0.29) is 24.2 Å². The summed E-state index contributed by atoms with van der Waals surface area (Å²) in [5, 5.41) is 16.1. The average Bonchev–Trinajstić information content (AvgIpc) is 3.34. The van der Waals surface area contributed by atoms with Gasteiger partial charge >= 0.3 is 0 Å². The van der Waals surface area contributed by atoms with E-state index in [2.05, 4.69) is 10.7 Å². The molecule has 2 atom stereocenters. The lowest BCUT2D eigenvalue weighted by Crippen LogP contribution is -2.29. The van der Waals surface area contributed by atoms with Crippen molar-refractivity contribution in [2.75, 3.05) is 11.1 Å². The average molecular weight is 437 g/mol. The Morgan fingerprint density at radius 3 is 2.65 bits per heavy atom. The van der Waals surface area contributed by atoms with E-state index in [1.165, 1.54) is 0 Å². The Morgan fingerprint density at radius 2 is 1.94 bits per heavy atom. The van der Waals surface area contributed by atoms with Gasteiger partial charge in [0.15, 0.2) is 5.76 Å². The molecule has 0 saturated heterocycles. The standard InChI is InChI=1S/C24H24N2O4S/c25-20-3-1-2-4-21(20)26-24(28)22-11-19(18-9-10-31-15-18)12-23(30-22)29-14-17-7-5-16(13-27)6-8-17/h1-11,15,19,23,27H,12-14,25H2,(H,26,28). The Morgan fingerprint density at radius 1 is 1.16 bits per heavy atom. The molecule has 1 aliphatic heterocycles. The molecule has 0 aliphatic carbocycles. The fourth-order valence-electron chi connectivity index (χ4n) is 3.36. The van der Waals surface area contributed by atoms with Crippen molar-refractivity contribution in [1.82, 2.24) is 0 Å². The van der Waals surface area contributed by atoms with Crippen LogP contribution < -0.4 is 11.1 Å². The molecule has 2 aromatic carbocycles. The molecule has 2 unspecified atom stereocenters. The number of thiophene rings is 1. The van der Waals surface area contributed by atoms with Crippen molar-refractivity contribution in [3.05, 3.63) is 93.9 Å². The summed E-state index contributed by atoms with van der Waals surface area (Å²) < 4.78 is 11.9. The van der Waals surface area contributed by atoms with Gasteiger partial charge in [0, 0.05) is 12.3 Å². The monoisotopic (exact) mass is 436 g/mol. The molecule has 3 aromatic rings. The van der Waals surface area contributed by atoms with E-state index in [0.29, 0.717) is 24.4 Å². The van der Waals surface area contributed by atoms with Gasteiger partial charge in [0.2, 0.25) is 6.29 Å². The number of anilines is 2. The highest BCUT2D eigenvalue weighted by Gasteiger charge is 2.29. The minimum absolute atomic E-state index is 0.00435. The lowest BCUT2D eigenvalue weighted by molar-refractivity contribution is -0.147. The number of amides is 1. The lowest BCUT2D eigenvalue weighted by Gasteiger charge is -2.29. The topological polar surface area (TPSA) is 93.8 Å². The first kappa shape index (κ1) is 21.1. The van der Waals surface area contributed by atoms with Crippen LogP contribution in [0.2, 0.25) is 0 Å². The number of benzene rings is 2. The number of nitrogen functional groups attached to an aromatic ring is 1. The summed E-state index contributed by atoms with van der Waals surface area (Å²) >= 11 is 1.61. The number of nitrogens with two attached hydrogens (primary N) is 1. The fraction of sp³-hybridized carbons (Fsp3) is 0.208. The summed E-state index contributed by atoms with van der Waals surface area (Å²) in [6, 6.07) is 16.7. The minimum atomic E-state index is -0.568. The van der Waals surface area contributed by atoms with E-state index in [4.69, 9.17) is 15.2 Å². The normalized spacial score (nSPS) is 18.2. The first-order chi connectivity index (χ1) is 15.1. The molecule has 31 heavy (non-hydrogen) atoms. The lowest BCUT2D eigenvalue weighted by atomic mass is 9.95. The molecule has 0 radical (unpaired) electrons. The van der Waals surface area contributed by atoms with Crippen molar-refractivity contribution in [3.63, 3.8) is 0 Å². The zero-order chi connectivity index (χ0) is 21.6. The summed E-state index contributed by atoms with van der Waals surface area (Å²) in [4.78, 5) is 12.9.